The van der Waals surface area contributed by atoms with E-state index in [1.165, 1.54) is 22.8 Å². The van der Waals surface area contributed by atoms with Crippen LogP contribution in [0.25, 0.3) is 21.4 Å². The van der Waals surface area contributed by atoms with Crippen molar-refractivity contribution in [2.24, 2.45) is 0 Å². The molecule has 0 atom stereocenters. The number of alkyl halides is 3. The lowest BCUT2D eigenvalue weighted by molar-refractivity contribution is -0.137. The van der Waals surface area contributed by atoms with Crippen molar-refractivity contribution < 1.29 is 18.0 Å². The first-order chi connectivity index (χ1) is 13.8. The maximum Gasteiger partial charge on any atom is 0.416 e. The van der Waals surface area contributed by atoms with E-state index in [4.69, 9.17) is 6.57 Å². The molecule has 146 valence electrons. The Morgan fingerprint density at radius 1 is 1.03 bits per heavy atom. The summed E-state index contributed by atoms with van der Waals surface area (Å²) in [7, 11) is 0. The molecule has 1 saturated heterocycles. The lowest BCUT2D eigenvalue weighted by Gasteiger charge is -2.31. The number of rotatable bonds is 2. The van der Waals surface area contributed by atoms with E-state index in [1.807, 2.05) is 0 Å². The first-order valence-corrected chi connectivity index (χ1v) is 8.77. The van der Waals surface area contributed by atoms with Crippen LogP contribution in [0.2, 0.25) is 0 Å². The molecule has 8 heteroatoms. The number of amides is 1. The molecule has 29 heavy (non-hydrogen) atoms. The predicted octanol–water partition coefficient (Wildman–Crippen LogP) is 3.75. The van der Waals surface area contributed by atoms with Gasteiger partial charge in [-0.15, -0.1) is 0 Å². The Kier molecular flexibility index (Phi) is 4.38. The van der Waals surface area contributed by atoms with Crippen LogP contribution >= 0.6 is 0 Å². The molecular weight excluding hydrogens is 383 g/mol. The van der Waals surface area contributed by atoms with Gasteiger partial charge in [-0.25, -0.2) is 6.57 Å². The fourth-order valence-electron chi connectivity index (χ4n) is 3.33. The van der Waals surface area contributed by atoms with E-state index < -0.39 is 11.7 Å². The average molecular weight is 397 g/mol. The number of likely N-dealkylation sites (tertiary alicyclic amines) is 1. The Balaban J connectivity index is 1.72. The molecule has 0 saturated carbocycles. The Morgan fingerprint density at radius 3 is 2.34 bits per heavy atom. The van der Waals surface area contributed by atoms with Gasteiger partial charge in [-0.1, -0.05) is 0 Å². The van der Waals surface area contributed by atoms with E-state index in [9.17, 15) is 22.8 Å². The highest BCUT2D eigenvalue weighted by atomic mass is 19.4. The maximum absolute atomic E-state index is 12.8. The second kappa shape index (κ2) is 6.78. The highest BCUT2D eigenvalue weighted by Gasteiger charge is 2.35. The molecule has 1 aromatic heterocycles. The van der Waals surface area contributed by atoms with Gasteiger partial charge in [0, 0.05) is 17.3 Å². The zero-order valence-corrected chi connectivity index (χ0v) is 15.0. The number of pyridine rings is 1. The molecular formula is C21H14F3N3O2. The zero-order chi connectivity index (χ0) is 20.8. The van der Waals surface area contributed by atoms with E-state index >= 15 is 0 Å². The Bertz CT molecular complexity index is 1200. The summed E-state index contributed by atoms with van der Waals surface area (Å²) in [4.78, 5) is 29.9. The second-order valence-electron chi connectivity index (χ2n) is 6.82. The molecule has 1 aliphatic heterocycles. The maximum atomic E-state index is 12.8. The van der Waals surface area contributed by atoms with E-state index in [0.717, 1.165) is 12.1 Å². The van der Waals surface area contributed by atoms with Gasteiger partial charge in [0.1, 0.15) is 0 Å². The summed E-state index contributed by atoms with van der Waals surface area (Å²) < 4.78 is 39.7. The van der Waals surface area contributed by atoms with E-state index in [2.05, 4.69) is 4.85 Å². The van der Waals surface area contributed by atoms with Crippen LogP contribution in [0.3, 0.4) is 0 Å². The van der Waals surface area contributed by atoms with E-state index in [1.54, 1.807) is 29.2 Å². The number of benzene rings is 2. The number of nitrogens with zero attached hydrogens (tertiary/aromatic N) is 3. The van der Waals surface area contributed by atoms with Crippen LogP contribution in [-0.2, 0) is 6.18 Å². The van der Waals surface area contributed by atoms with Gasteiger partial charge in [-0.2, -0.15) is 13.2 Å². The van der Waals surface area contributed by atoms with Crippen LogP contribution < -0.4 is 5.56 Å². The molecule has 5 nitrogen and oxygen atoms in total. The lowest BCUT2D eigenvalue weighted by Crippen LogP contribution is -2.52. The number of fused-ring (bicyclic) bond motifs is 1. The Hall–Kier alpha value is -3.60. The van der Waals surface area contributed by atoms with Crippen LogP contribution in [0.15, 0.2) is 59.4 Å². The minimum absolute atomic E-state index is 0.163. The van der Waals surface area contributed by atoms with Crippen LogP contribution in [0.5, 0.6) is 0 Å². The summed E-state index contributed by atoms with van der Waals surface area (Å²) >= 11 is 0. The SMILES string of the molecule is [C-]#[N+]C1CN(C(=O)c2ccc3c(ccc(=O)n3-c3ccc(C(F)(F)F)cc3)c2)C1. The third kappa shape index (κ3) is 3.36. The molecule has 0 spiro atoms. The van der Waals surface area contributed by atoms with Crippen molar-refractivity contribution in [2.45, 2.75) is 12.2 Å². The second-order valence-corrected chi connectivity index (χ2v) is 6.82. The monoisotopic (exact) mass is 397 g/mol. The summed E-state index contributed by atoms with van der Waals surface area (Å²) in [5.41, 5.74) is 0.0268. The summed E-state index contributed by atoms with van der Waals surface area (Å²) in [6, 6.07) is 11.9. The number of carbonyl (C=O) groups excluding carboxylic acids is 1. The number of halogens is 3. The number of hydrogen-bond acceptors (Lipinski definition) is 2. The van der Waals surface area contributed by atoms with Gasteiger partial charge in [0.2, 0.25) is 0 Å². The number of carbonyl (C=O) groups is 1. The Morgan fingerprint density at radius 2 is 1.72 bits per heavy atom. The van der Waals surface area contributed by atoms with Crippen molar-refractivity contribution in [3.05, 3.63) is 87.5 Å². The van der Waals surface area contributed by atoms with Gasteiger partial charge in [0.05, 0.1) is 24.2 Å². The van der Waals surface area contributed by atoms with Crippen LogP contribution in [0.1, 0.15) is 15.9 Å². The molecule has 2 heterocycles. The molecule has 1 fully saturated rings. The minimum atomic E-state index is -4.46. The third-order valence-electron chi connectivity index (χ3n) is 4.93. The minimum Gasteiger partial charge on any atom is -0.323 e. The van der Waals surface area contributed by atoms with Gasteiger partial charge in [-0.3, -0.25) is 14.2 Å². The summed E-state index contributed by atoms with van der Waals surface area (Å²) in [6.45, 7) is 7.76. The zero-order valence-electron chi connectivity index (χ0n) is 15.0. The van der Waals surface area contributed by atoms with Crippen LogP contribution in [-0.4, -0.2) is 34.5 Å². The fraction of sp³-hybridized carbons (Fsp3) is 0.190. The van der Waals surface area contributed by atoms with Gasteiger partial charge < -0.3 is 9.74 Å². The largest absolute Gasteiger partial charge is 0.416 e. The van der Waals surface area contributed by atoms with Crippen molar-refractivity contribution >= 4 is 16.8 Å². The smallest absolute Gasteiger partial charge is 0.323 e. The summed E-state index contributed by atoms with van der Waals surface area (Å²) in [6.07, 6.45) is -4.46. The van der Waals surface area contributed by atoms with Gasteiger partial charge in [-0.05, 0) is 53.9 Å². The molecule has 0 unspecified atom stereocenters. The molecule has 1 amide bonds. The standard InChI is InChI=1S/C21H14F3N3O2/c1-25-16-11-26(12-16)20(29)14-2-8-18-13(10-14)3-9-19(28)27(18)17-6-4-15(5-7-17)21(22,23)24/h2-10,16H,11-12H2. The van der Waals surface area contributed by atoms with Crippen molar-refractivity contribution in [2.75, 3.05) is 13.1 Å². The van der Waals surface area contributed by atoms with Gasteiger partial charge in [0.25, 0.3) is 17.5 Å². The highest BCUT2D eigenvalue weighted by Crippen LogP contribution is 2.30. The predicted molar refractivity (Wildman–Crippen MR) is 101 cm³/mol. The molecule has 0 radical (unpaired) electrons. The molecule has 3 aromatic rings. The fourth-order valence-corrected chi connectivity index (χ4v) is 3.33. The number of hydrogen-bond donors (Lipinski definition) is 0. The first-order valence-electron chi connectivity index (χ1n) is 8.77. The molecule has 0 bridgehead atoms. The summed E-state index contributed by atoms with van der Waals surface area (Å²) in [5, 5.41) is 0.609. The Labute approximate surface area is 163 Å². The topological polar surface area (TPSA) is 46.7 Å². The molecule has 0 aliphatic carbocycles. The molecule has 4 rings (SSSR count). The normalized spacial score (nSPS) is 14.5. The van der Waals surface area contributed by atoms with Gasteiger partial charge >= 0.3 is 6.18 Å². The first kappa shape index (κ1) is 18.7. The van der Waals surface area contributed by atoms with Crippen LogP contribution in [0.4, 0.5) is 13.2 Å². The summed E-state index contributed by atoms with van der Waals surface area (Å²) in [5.74, 6) is -0.195. The van der Waals surface area contributed by atoms with Crippen LogP contribution in [0, 0.1) is 6.57 Å². The lowest BCUT2D eigenvalue weighted by atomic mass is 10.1. The third-order valence-corrected chi connectivity index (χ3v) is 4.93. The average Bonchev–Trinajstić information content (AvgIpc) is 2.66. The van der Waals surface area contributed by atoms with Crippen molar-refractivity contribution in [3.8, 4) is 5.69 Å². The van der Waals surface area contributed by atoms with Crippen molar-refractivity contribution in [1.82, 2.24) is 9.47 Å². The van der Waals surface area contributed by atoms with E-state index in [0.29, 0.717) is 35.2 Å². The molecule has 2 aromatic carbocycles. The molecule has 0 N–H and O–H groups in total. The van der Waals surface area contributed by atoms with Crippen molar-refractivity contribution in [3.63, 3.8) is 0 Å². The van der Waals surface area contributed by atoms with Gasteiger partial charge in [0.15, 0.2) is 0 Å². The van der Waals surface area contributed by atoms with Crippen molar-refractivity contribution in [1.29, 1.82) is 0 Å². The quantitative estimate of drug-likeness (QED) is 0.619. The number of aromatic nitrogens is 1. The van der Waals surface area contributed by atoms with E-state index in [-0.39, 0.29) is 17.5 Å². The highest BCUT2D eigenvalue weighted by molar-refractivity contribution is 5.98. The molecule has 1 aliphatic rings.